The van der Waals surface area contributed by atoms with E-state index in [1.807, 2.05) is 28.9 Å². The van der Waals surface area contributed by atoms with Crippen LogP contribution in [0.5, 0.6) is 5.75 Å². The third-order valence-corrected chi connectivity index (χ3v) is 13.3. The number of thiazole rings is 1. The van der Waals surface area contributed by atoms with Gasteiger partial charge in [0, 0.05) is 63.1 Å². The molecule has 2 saturated heterocycles. The molecule has 0 aliphatic carbocycles. The number of thioether (sulfide) groups is 1. The van der Waals surface area contributed by atoms with Crippen molar-refractivity contribution in [3.63, 3.8) is 0 Å². The molecule has 1 spiro atoms. The number of carbonyl (C=O) groups is 2. The minimum atomic E-state index is -0.291. The number of likely N-dealkylation sites (tertiary alicyclic amines) is 1. The molecule has 54 heavy (non-hydrogen) atoms. The number of benzene rings is 2. The van der Waals surface area contributed by atoms with E-state index in [0.29, 0.717) is 83.9 Å². The van der Waals surface area contributed by atoms with Crippen molar-refractivity contribution in [1.29, 1.82) is 0 Å². The van der Waals surface area contributed by atoms with E-state index in [4.69, 9.17) is 21.1 Å². The molecule has 0 bridgehead atoms. The van der Waals surface area contributed by atoms with Crippen LogP contribution in [0.1, 0.15) is 56.2 Å². The predicted octanol–water partition coefficient (Wildman–Crippen LogP) is 4.70. The molecule has 2 fully saturated rings. The van der Waals surface area contributed by atoms with Crippen molar-refractivity contribution in [3.8, 4) is 5.75 Å². The molecule has 6 rings (SSSR count). The fourth-order valence-electron chi connectivity index (χ4n) is 7.49. The van der Waals surface area contributed by atoms with E-state index < -0.39 is 0 Å². The largest absolute Gasteiger partial charge is 0.506 e. The number of ether oxygens (including phenoxy) is 2. The van der Waals surface area contributed by atoms with Crippen molar-refractivity contribution in [2.75, 3.05) is 77.9 Å². The fourth-order valence-corrected chi connectivity index (χ4v) is 9.64. The molecule has 2 amide bonds. The van der Waals surface area contributed by atoms with Gasteiger partial charge in [0.2, 0.25) is 11.8 Å². The zero-order chi connectivity index (χ0) is 38.1. The summed E-state index contributed by atoms with van der Waals surface area (Å²) in [5.41, 5.74) is 3.33. The summed E-state index contributed by atoms with van der Waals surface area (Å²) < 4.78 is 13.0. The number of nitrogens with one attached hydrogen (secondary N) is 2. The Balaban J connectivity index is 0.872. The molecule has 3 aliphatic rings. The minimum Gasteiger partial charge on any atom is -0.506 e. The molecule has 294 valence electrons. The fraction of sp³-hybridized carbons (Fsp3) is 0.590. The highest BCUT2D eigenvalue weighted by Gasteiger charge is 2.42. The molecular weight excluding hydrogens is 748 g/mol. The number of aliphatic imine (C=N–C) groups is 1. The zero-order valence-electron chi connectivity index (χ0n) is 31.4. The molecule has 3 aliphatic heterocycles. The van der Waals surface area contributed by atoms with Crippen LogP contribution in [0.4, 0.5) is 0 Å². The van der Waals surface area contributed by atoms with E-state index in [1.165, 1.54) is 0 Å². The van der Waals surface area contributed by atoms with Gasteiger partial charge in [0.05, 0.1) is 41.6 Å². The van der Waals surface area contributed by atoms with Crippen LogP contribution in [-0.2, 0) is 38.4 Å². The number of aromatic nitrogens is 1. The van der Waals surface area contributed by atoms with Crippen LogP contribution in [0.3, 0.4) is 0 Å². The average molecular weight is 801 g/mol. The van der Waals surface area contributed by atoms with Crippen molar-refractivity contribution < 1.29 is 24.2 Å². The normalized spacial score (nSPS) is 18.8. The predicted molar refractivity (Wildman–Crippen MR) is 217 cm³/mol. The maximum Gasteiger partial charge on any atom is 0.305 e. The Morgan fingerprint density at radius 1 is 1.11 bits per heavy atom. The highest BCUT2D eigenvalue weighted by atomic mass is 35.5. The van der Waals surface area contributed by atoms with Crippen LogP contribution in [0, 0.1) is 0 Å². The molecule has 4 heterocycles. The van der Waals surface area contributed by atoms with Gasteiger partial charge in [-0.2, -0.15) is 0 Å². The number of aromatic hydroxyl groups is 1. The van der Waals surface area contributed by atoms with Gasteiger partial charge in [0.25, 0.3) is 0 Å². The van der Waals surface area contributed by atoms with Crippen molar-refractivity contribution in [2.45, 2.75) is 70.6 Å². The molecule has 15 heteroatoms. The topological polar surface area (TPSA) is 140 Å². The Labute approximate surface area is 330 Å². The quantitative estimate of drug-likeness (QED) is 0.166. The standard InChI is InChI=1S/C39H53ClN6O6S2/c1-3-32-42-30(25-53-32)37(49)46-20-23-52-39(26-46)13-17-44(18-14-39)24-29-7-5-6-27(34(29)40)11-21-51-22-12-33(48)45(4-2)19-16-41-15-10-28-8-9-31(47)35-36(28)54-38(50)43-35/h5-9,30,41,47H,3-4,10-26H2,1-2H3,(H,43,50). The summed E-state index contributed by atoms with van der Waals surface area (Å²) in [7, 11) is 0. The summed E-state index contributed by atoms with van der Waals surface area (Å²) in [6.45, 7) is 11.8. The number of piperidine rings is 1. The summed E-state index contributed by atoms with van der Waals surface area (Å²) in [6.07, 6.45) is 4.33. The van der Waals surface area contributed by atoms with Gasteiger partial charge in [-0.25, -0.2) is 0 Å². The van der Waals surface area contributed by atoms with E-state index in [0.717, 1.165) is 87.4 Å². The van der Waals surface area contributed by atoms with E-state index in [2.05, 4.69) is 39.2 Å². The molecule has 3 aromatic rings. The lowest BCUT2D eigenvalue weighted by atomic mass is 9.89. The van der Waals surface area contributed by atoms with Crippen LogP contribution in [0.2, 0.25) is 5.02 Å². The lowest BCUT2D eigenvalue weighted by Crippen LogP contribution is -2.59. The number of H-pyrrole nitrogens is 1. The average Bonchev–Trinajstić information content (AvgIpc) is 3.83. The van der Waals surface area contributed by atoms with Crippen molar-refractivity contribution >= 4 is 61.8 Å². The lowest BCUT2D eigenvalue weighted by Gasteiger charge is -2.47. The summed E-state index contributed by atoms with van der Waals surface area (Å²) in [4.78, 5) is 51.3. The first kappa shape index (κ1) is 40.7. The number of hydrogen-bond acceptors (Lipinski definition) is 11. The lowest BCUT2D eigenvalue weighted by molar-refractivity contribution is -0.160. The van der Waals surface area contributed by atoms with E-state index in [9.17, 15) is 19.5 Å². The number of phenols is 1. The number of fused-ring (bicyclic) bond motifs is 1. The van der Waals surface area contributed by atoms with Gasteiger partial charge in [0.1, 0.15) is 17.3 Å². The molecule has 2 aromatic carbocycles. The zero-order valence-corrected chi connectivity index (χ0v) is 33.8. The van der Waals surface area contributed by atoms with Crippen LogP contribution < -0.4 is 10.2 Å². The van der Waals surface area contributed by atoms with Gasteiger partial charge in [-0.05, 0) is 68.3 Å². The molecule has 0 saturated carbocycles. The Kier molecular flexibility index (Phi) is 14.5. The molecule has 1 unspecified atom stereocenters. The maximum absolute atomic E-state index is 13.3. The Morgan fingerprint density at radius 3 is 2.70 bits per heavy atom. The first-order valence-electron chi connectivity index (χ1n) is 19.2. The number of likely N-dealkylation sites (N-methyl/N-ethyl adjacent to an activating group) is 1. The molecule has 12 nitrogen and oxygen atoms in total. The van der Waals surface area contributed by atoms with Gasteiger partial charge in [0.15, 0.2) is 0 Å². The van der Waals surface area contributed by atoms with Crippen LogP contribution in [-0.4, -0.2) is 131 Å². The summed E-state index contributed by atoms with van der Waals surface area (Å²) in [5, 5.41) is 15.2. The number of carbonyl (C=O) groups excluding carboxylic acids is 2. The number of morpholine rings is 1. The van der Waals surface area contributed by atoms with Gasteiger partial charge in [-0.15, -0.1) is 11.8 Å². The smallest absolute Gasteiger partial charge is 0.305 e. The van der Waals surface area contributed by atoms with E-state index in [1.54, 1.807) is 17.8 Å². The molecular formula is C39H53ClN6O6S2. The van der Waals surface area contributed by atoms with Crippen LogP contribution >= 0.6 is 34.7 Å². The van der Waals surface area contributed by atoms with Crippen molar-refractivity contribution in [3.05, 3.63) is 61.7 Å². The number of halogens is 1. The maximum atomic E-state index is 13.3. The second-order valence-corrected chi connectivity index (χ2v) is 16.7. The molecule has 0 radical (unpaired) electrons. The highest BCUT2D eigenvalue weighted by molar-refractivity contribution is 8.14. The monoisotopic (exact) mass is 800 g/mol. The Hall–Kier alpha value is -2.98. The summed E-state index contributed by atoms with van der Waals surface area (Å²) in [5.74, 6) is 1.03. The second kappa shape index (κ2) is 19.2. The Bertz CT molecular complexity index is 1840. The van der Waals surface area contributed by atoms with Gasteiger partial charge < -0.3 is 34.7 Å². The third kappa shape index (κ3) is 10.2. The number of aromatic amines is 1. The number of amides is 2. The first-order chi connectivity index (χ1) is 26.2. The highest BCUT2D eigenvalue weighted by Crippen LogP contribution is 2.33. The van der Waals surface area contributed by atoms with E-state index >= 15 is 0 Å². The molecule has 3 N–H and O–H groups in total. The van der Waals surface area contributed by atoms with Crippen molar-refractivity contribution in [1.82, 2.24) is 25.0 Å². The van der Waals surface area contributed by atoms with Gasteiger partial charge >= 0.3 is 4.87 Å². The second-order valence-electron chi connectivity index (χ2n) is 14.2. The summed E-state index contributed by atoms with van der Waals surface area (Å²) in [6, 6.07) is 9.38. The van der Waals surface area contributed by atoms with Crippen molar-refractivity contribution in [2.24, 2.45) is 4.99 Å². The van der Waals surface area contributed by atoms with E-state index in [-0.39, 0.29) is 34.1 Å². The molecule has 1 atom stereocenters. The van der Waals surface area contributed by atoms with Crippen LogP contribution in [0.25, 0.3) is 10.2 Å². The third-order valence-electron chi connectivity index (χ3n) is 10.7. The number of rotatable bonds is 17. The Morgan fingerprint density at radius 2 is 1.93 bits per heavy atom. The summed E-state index contributed by atoms with van der Waals surface area (Å²) >= 11 is 9.73. The van der Waals surface area contributed by atoms with Gasteiger partial charge in [-0.1, -0.05) is 54.1 Å². The van der Waals surface area contributed by atoms with Crippen LogP contribution in [0.15, 0.2) is 40.1 Å². The number of nitrogens with zero attached hydrogens (tertiary/aromatic N) is 4. The van der Waals surface area contributed by atoms with Gasteiger partial charge in [-0.3, -0.25) is 24.3 Å². The SMILES string of the molecule is CCC1=NC(C(=O)N2CCOC3(CCN(Cc4cccc(CCOCCC(=O)N(CC)CCNCCc5ccc(O)c6[nH]c(=O)sc56)c4Cl)CC3)C2)CS1. The number of phenolic OH excluding ortho intramolecular Hbond substituents is 1. The molecule has 1 aromatic heterocycles. The minimum absolute atomic E-state index is 0.0607. The number of hydrogen-bond donors (Lipinski definition) is 3. The first-order valence-corrected chi connectivity index (χ1v) is 21.4.